The van der Waals surface area contributed by atoms with Gasteiger partial charge in [0.05, 0.1) is 0 Å². The summed E-state index contributed by atoms with van der Waals surface area (Å²) < 4.78 is 0. The molecule has 132 valence electrons. The van der Waals surface area contributed by atoms with Crippen LogP contribution in [-0.4, -0.2) is 34.7 Å². The predicted octanol–water partition coefficient (Wildman–Crippen LogP) is 4.67. The molecule has 0 amide bonds. The molecule has 0 radical (unpaired) electrons. The van der Waals surface area contributed by atoms with Crippen molar-refractivity contribution in [3.8, 4) is 0 Å². The zero-order chi connectivity index (χ0) is 17.1. The molecule has 0 saturated carbocycles. The van der Waals surface area contributed by atoms with Crippen LogP contribution in [-0.2, 0) is 0 Å². The molecule has 2 atom stereocenters. The predicted molar refractivity (Wildman–Crippen MR) is 107 cm³/mol. The maximum Gasteiger partial charge on any atom is 0.170 e. The highest BCUT2D eigenvalue weighted by molar-refractivity contribution is 7.80. The molecule has 1 aromatic rings. The van der Waals surface area contributed by atoms with E-state index in [0.29, 0.717) is 6.04 Å². The molecule has 2 fully saturated rings. The van der Waals surface area contributed by atoms with Crippen molar-refractivity contribution in [3.05, 3.63) is 29.3 Å². The summed E-state index contributed by atoms with van der Waals surface area (Å²) in [6.45, 7) is 5.88. The fourth-order valence-corrected chi connectivity index (χ4v) is 4.61. The number of halogens is 1. The number of piperidine rings is 2. The number of nitrogens with zero attached hydrogens (tertiary/aromatic N) is 1. The third-order valence-electron chi connectivity index (χ3n) is 5.14. The summed E-state index contributed by atoms with van der Waals surface area (Å²) in [4.78, 5) is 2.77. The van der Waals surface area contributed by atoms with Gasteiger partial charge < -0.3 is 10.6 Å². The molecule has 2 heterocycles. The number of benzene rings is 1. The summed E-state index contributed by atoms with van der Waals surface area (Å²) in [6.07, 6.45) is 6.44. The number of fused-ring (bicyclic) bond motifs is 2. The quantitative estimate of drug-likeness (QED) is 0.758. The van der Waals surface area contributed by atoms with Gasteiger partial charge >= 0.3 is 0 Å². The van der Waals surface area contributed by atoms with E-state index in [4.69, 9.17) is 23.8 Å². The maximum absolute atomic E-state index is 5.93. The van der Waals surface area contributed by atoms with Crippen LogP contribution in [0.2, 0.25) is 5.02 Å². The summed E-state index contributed by atoms with van der Waals surface area (Å²) >= 11 is 11.4. The Morgan fingerprint density at radius 2 is 1.83 bits per heavy atom. The molecule has 2 N–H and O–H groups in total. The molecule has 5 heteroatoms. The van der Waals surface area contributed by atoms with Crippen molar-refractivity contribution in [2.24, 2.45) is 5.92 Å². The van der Waals surface area contributed by atoms with Crippen LogP contribution in [0.5, 0.6) is 0 Å². The summed E-state index contributed by atoms with van der Waals surface area (Å²) in [5.74, 6) is 0.741. The highest BCUT2D eigenvalue weighted by Gasteiger charge is 2.38. The Morgan fingerprint density at radius 3 is 2.42 bits per heavy atom. The molecular weight excluding hydrogens is 338 g/mol. The van der Waals surface area contributed by atoms with Crippen molar-refractivity contribution >= 4 is 34.6 Å². The van der Waals surface area contributed by atoms with Gasteiger partial charge in [0.25, 0.3) is 0 Å². The van der Waals surface area contributed by atoms with Gasteiger partial charge in [-0.1, -0.05) is 31.9 Å². The number of thiocarbonyl (C=S) groups is 1. The van der Waals surface area contributed by atoms with E-state index < -0.39 is 0 Å². The summed E-state index contributed by atoms with van der Waals surface area (Å²) in [7, 11) is 0. The fraction of sp³-hybridized carbons (Fsp3) is 0.632. The van der Waals surface area contributed by atoms with Crippen molar-refractivity contribution in [2.45, 2.75) is 64.1 Å². The van der Waals surface area contributed by atoms with Crippen molar-refractivity contribution in [3.63, 3.8) is 0 Å². The third-order valence-corrected chi connectivity index (χ3v) is 5.61. The lowest BCUT2D eigenvalue weighted by atomic mass is 9.81. The lowest BCUT2D eigenvalue weighted by molar-refractivity contribution is 0.0191. The molecule has 0 aromatic heterocycles. The van der Waals surface area contributed by atoms with Crippen LogP contribution in [0.15, 0.2) is 24.3 Å². The van der Waals surface area contributed by atoms with E-state index >= 15 is 0 Å². The first-order chi connectivity index (χ1) is 11.5. The lowest BCUT2D eigenvalue weighted by Gasteiger charge is -2.49. The second-order valence-corrected chi connectivity index (χ2v) is 8.45. The number of hydrogen-bond acceptors (Lipinski definition) is 2. The van der Waals surface area contributed by atoms with Gasteiger partial charge in [-0.2, -0.15) is 0 Å². The van der Waals surface area contributed by atoms with Crippen LogP contribution in [0, 0.1) is 5.92 Å². The summed E-state index contributed by atoms with van der Waals surface area (Å²) in [5, 5.41) is 8.28. The Balaban J connectivity index is 1.55. The largest absolute Gasteiger partial charge is 0.360 e. The molecule has 0 aliphatic carbocycles. The molecule has 2 saturated heterocycles. The topological polar surface area (TPSA) is 27.3 Å². The van der Waals surface area contributed by atoms with E-state index in [9.17, 15) is 0 Å². The van der Waals surface area contributed by atoms with Gasteiger partial charge in [-0.15, -0.1) is 0 Å². The first-order valence-electron chi connectivity index (χ1n) is 9.10. The Kier molecular flexibility index (Phi) is 6.01. The summed E-state index contributed by atoms with van der Waals surface area (Å²) in [5.41, 5.74) is 0.981. The molecular formula is C19H28ClN3S. The highest BCUT2D eigenvalue weighted by atomic mass is 35.5. The van der Waals surface area contributed by atoms with Gasteiger partial charge in [-0.25, -0.2) is 0 Å². The molecule has 2 aliphatic rings. The van der Waals surface area contributed by atoms with E-state index in [1.165, 1.54) is 38.6 Å². The first-order valence-corrected chi connectivity index (χ1v) is 9.88. The van der Waals surface area contributed by atoms with Gasteiger partial charge in [-0.3, -0.25) is 4.90 Å². The Morgan fingerprint density at radius 1 is 1.21 bits per heavy atom. The Labute approximate surface area is 156 Å². The minimum absolute atomic E-state index is 0.482. The van der Waals surface area contributed by atoms with Gasteiger partial charge in [0.15, 0.2) is 5.11 Å². The first kappa shape index (κ1) is 18.0. The van der Waals surface area contributed by atoms with Crippen molar-refractivity contribution in [1.82, 2.24) is 10.2 Å². The van der Waals surface area contributed by atoms with Gasteiger partial charge in [0.2, 0.25) is 0 Å². The zero-order valence-electron chi connectivity index (χ0n) is 14.6. The molecule has 2 aliphatic heterocycles. The molecule has 3 nitrogen and oxygen atoms in total. The SMILES string of the molecule is CC(C)CN1[C@H]2CCC[C@H]1CC(NC(=S)Nc1ccc(Cl)cc1)C2. The molecule has 24 heavy (non-hydrogen) atoms. The lowest BCUT2D eigenvalue weighted by Crippen LogP contribution is -2.58. The number of hydrogen-bond donors (Lipinski definition) is 2. The van der Waals surface area contributed by atoms with E-state index in [1.54, 1.807) is 0 Å². The second-order valence-electron chi connectivity index (χ2n) is 7.60. The number of rotatable bonds is 4. The fourth-order valence-electron chi connectivity index (χ4n) is 4.20. The van der Waals surface area contributed by atoms with Crippen LogP contribution in [0.4, 0.5) is 5.69 Å². The molecule has 2 bridgehead atoms. The standard InChI is InChI=1S/C19H28ClN3S/c1-13(2)12-23-17-4-3-5-18(23)11-16(10-17)22-19(24)21-15-8-6-14(20)7-9-15/h6-9,13,16-18H,3-5,10-12H2,1-2H3,(H2,21,22,24)/t17-,18-/m0/s1. The van der Waals surface area contributed by atoms with Crippen LogP contribution in [0.25, 0.3) is 0 Å². The smallest absolute Gasteiger partial charge is 0.170 e. The van der Waals surface area contributed by atoms with Crippen molar-refractivity contribution in [1.29, 1.82) is 0 Å². The number of nitrogens with one attached hydrogen (secondary N) is 2. The van der Waals surface area contributed by atoms with Crippen LogP contribution in [0.1, 0.15) is 46.0 Å². The number of anilines is 1. The van der Waals surface area contributed by atoms with Crippen LogP contribution < -0.4 is 10.6 Å². The van der Waals surface area contributed by atoms with Crippen molar-refractivity contribution < 1.29 is 0 Å². The van der Waals surface area contributed by atoms with Gasteiger partial charge in [0.1, 0.15) is 0 Å². The van der Waals surface area contributed by atoms with E-state index in [0.717, 1.165) is 33.8 Å². The molecule has 3 rings (SSSR count). The molecule has 1 aromatic carbocycles. The normalized spacial score (nSPS) is 27.1. The van der Waals surface area contributed by atoms with E-state index in [-0.39, 0.29) is 0 Å². The minimum atomic E-state index is 0.482. The minimum Gasteiger partial charge on any atom is -0.360 e. The average molecular weight is 366 g/mol. The van der Waals surface area contributed by atoms with Crippen molar-refractivity contribution in [2.75, 3.05) is 11.9 Å². The molecule has 0 spiro atoms. The van der Waals surface area contributed by atoms with Gasteiger partial charge in [-0.05, 0) is 68.1 Å². The van der Waals surface area contributed by atoms with E-state index in [2.05, 4.69) is 29.4 Å². The monoisotopic (exact) mass is 365 g/mol. The van der Waals surface area contributed by atoms with Crippen LogP contribution >= 0.6 is 23.8 Å². The van der Waals surface area contributed by atoms with Gasteiger partial charge in [0, 0.05) is 35.4 Å². The van der Waals surface area contributed by atoms with Crippen LogP contribution in [0.3, 0.4) is 0 Å². The summed E-state index contributed by atoms with van der Waals surface area (Å²) in [6, 6.07) is 9.58. The average Bonchev–Trinajstić information content (AvgIpc) is 2.50. The highest BCUT2D eigenvalue weighted by Crippen LogP contribution is 2.34. The molecule has 0 unspecified atom stereocenters. The Hall–Kier alpha value is -0.840. The zero-order valence-corrected chi connectivity index (χ0v) is 16.2. The third kappa shape index (κ3) is 4.62. The Bertz CT molecular complexity index is 546. The van der Waals surface area contributed by atoms with E-state index in [1.807, 2.05) is 24.3 Å². The second kappa shape index (κ2) is 8.03. The maximum atomic E-state index is 5.93.